The molecule has 38 heavy (non-hydrogen) atoms. The number of alkyl carbamates (subject to hydrolysis) is 1. The number of ether oxygens (including phenoxy) is 2. The molecule has 0 aliphatic heterocycles. The molecule has 1 rings (SSSR count). The minimum Gasteiger partial charge on any atom is -0.460 e. The smallest absolute Gasteiger partial charge is 0.408 e. The summed E-state index contributed by atoms with van der Waals surface area (Å²) in [5.74, 6) is -3.27. The molecule has 0 bridgehead atoms. The van der Waals surface area contributed by atoms with Gasteiger partial charge in [-0.15, -0.1) is 0 Å². The van der Waals surface area contributed by atoms with Crippen molar-refractivity contribution in [2.75, 3.05) is 12.4 Å². The van der Waals surface area contributed by atoms with E-state index in [1.165, 1.54) is 18.2 Å². The van der Waals surface area contributed by atoms with Crippen molar-refractivity contribution in [3.8, 4) is 0 Å². The number of hydrogen-bond acceptors (Lipinski definition) is 7. The number of benzene rings is 1. The van der Waals surface area contributed by atoms with Gasteiger partial charge in [0.25, 0.3) is 5.91 Å². The van der Waals surface area contributed by atoms with Crippen LogP contribution in [0.5, 0.6) is 0 Å². The molecule has 1 aromatic rings. The van der Waals surface area contributed by atoms with E-state index in [0.29, 0.717) is 0 Å². The lowest BCUT2D eigenvalue weighted by Crippen LogP contribution is -2.47. The van der Waals surface area contributed by atoms with Gasteiger partial charge in [-0.1, -0.05) is 58.5 Å². The number of esters is 1. The van der Waals surface area contributed by atoms with E-state index in [-0.39, 0.29) is 29.8 Å². The Morgan fingerprint density at radius 3 is 2.16 bits per heavy atom. The van der Waals surface area contributed by atoms with Gasteiger partial charge in [0.2, 0.25) is 5.91 Å². The monoisotopic (exact) mass is 551 g/mol. The van der Waals surface area contributed by atoms with Crippen molar-refractivity contribution in [1.29, 1.82) is 0 Å². The molecule has 0 saturated carbocycles. The maximum Gasteiger partial charge on any atom is 0.408 e. The van der Waals surface area contributed by atoms with E-state index in [0.717, 1.165) is 0 Å². The van der Waals surface area contributed by atoms with Crippen LogP contribution in [-0.4, -0.2) is 58.1 Å². The summed E-state index contributed by atoms with van der Waals surface area (Å²) in [6, 6.07) is 5.81. The Morgan fingerprint density at radius 1 is 1.05 bits per heavy atom. The van der Waals surface area contributed by atoms with Crippen molar-refractivity contribution in [3.05, 3.63) is 43.0 Å². The summed E-state index contributed by atoms with van der Waals surface area (Å²) in [4.78, 5) is 51.2. The van der Waals surface area contributed by atoms with E-state index in [2.05, 4.69) is 21.6 Å². The molecule has 3 amide bonds. The maximum atomic E-state index is 14.1. The first-order valence-corrected chi connectivity index (χ1v) is 14.2. The van der Waals surface area contributed by atoms with Gasteiger partial charge < -0.3 is 20.1 Å². The molecule has 11 heteroatoms. The normalized spacial score (nSPS) is 14.6. The van der Waals surface area contributed by atoms with Crippen LogP contribution in [0.3, 0.4) is 0 Å². The predicted octanol–water partition coefficient (Wildman–Crippen LogP) is 3.85. The lowest BCUT2D eigenvalue weighted by Gasteiger charge is -2.23. The molecule has 0 aromatic heterocycles. The SMILES string of the molecule is C=CCOC(=O)[C@@H](NC(=O)CS(=O)(=NC(=O)[C@H](CC(C)C)NC(=O)OC(C)(C)C)c1ccccc1)C(C)C. The van der Waals surface area contributed by atoms with Crippen LogP contribution in [0.15, 0.2) is 52.2 Å². The van der Waals surface area contributed by atoms with Crippen molar-refractivity contribution in [3.63, 3.8) is 0 Å². The molecule has 0 spiro atoms. The van der Waals surface area contributed by atoms with Gasteiger partial charge >= 0.3 is 12.1 Å². The third kappa shape index (κ3) is 11.5. The highest BCUT2D eigenvalue weighted by Gasteiger charge is 2.30. The molecule has 0 aliphatic rings. The molecule has 3 atom stereocenters. The fourth-order valence-electron chi connectivity index (χ4n) is 3.27. The van der Waals surface area contributed by atoms with E-state index in [4.69, 9.17) is 9.47 Å². The lowest BCUT2D eigenvalue weighted by atomic mass is 10.0. The molecule has 0 aliphatic carbocycles. The Bertz CT molecular complexity index is 1100. The fraction of sp³-hybridized carbons (Fsp3) is 0.556. The van der Waals surface area contributed by atoms with Crippen molar-refractivity contribution >= 4 is 33.6 Å². The quantitative estimate of drug-likeness (QED) is 0.297. The lowest BCUT2D eigenvalue weighted by molar-refractivity contribution is -0.147. The average molecular weight is 552 g/mol. The minimum atomic E-state index is -3.63. The van der Waals surface area contributed by atoms with Gasteiger partial charge in [-0.05, 0) is 51.2 Å². The summed E-state index contributed by atoms with van der Waals surface area (Å²) in [6.07, 6.45) is 0.805. The molecular formula is C27H41N3O7S. The molecule has 0 radical (unpaired) electrons. The number of rotatable bonds is 12. The molecule has 2 N–H and O–H groups in total. The van der Waals surface area contributed by atoms with E-state index in [9.17, 15) is 23.4 Å². The molecule has 1 unspecified atom stereocenters. The molecule has 212 valence electrons. The summed E-state index contributed by atoms with van der Waals surface area (Å²) in [6.45, 7) is 15.7. The van der Waals surface area contributed by atoms with Crippen molar-refractivity contribution in [2.24, 2.45) is 16.2 Å². The zero-order valence-corrected chi connectivity index (χ0v) is 24.1. The van der Waals surface area contributed by atoms with E-state index in [1.807, 2.05) is 13.8 Å². The predicted molar refractivity (Wildman–Crippen MR) is 146 cm³/mol. The van der Waals surface area contributed by atoms with Crippen molar-refractivity contribution in [2.45, 2.75) is 77.5 Å². The zero-order valence-electron chi connectivity index (χ0n) is 23.3. The minimum absolute atomic E-state index is 0.0152. The second-order valence-corrected chi connectivity index (χ2v) is 12.8. The number of carbonyl (C=O) groups is 4. The molecule has 10 nitrogen and oxygen atoms in total. The molecular weight excluding hydrogens is 510 g/mol. The number of hydrogen-bond donors (Lipinski definition) is 2. The largest absolute Gasteiger partial charge is 0.460 e. The summed E-state index contributed by atoms with van der Waals surface area (Å²) in [7, 11) is -3.63. The molecule has 0 heterocycles. The fourth-order valence-corrected chi connectivity index (χ4v) is 5.05. The first-order valence-electron chi connectivity index (χ1n) is 12.5. The topological polar surface area (TPSA) is 140 Å². The molecule has 1 aromatic carbocycles. The van der Waals surface area contributed by atoms with Gasteiger partial charge in [0, 0.05) is 4.90 Å². The summed E-state index contributed by atoms with van der Waals surface area (Å²) in [5, 5.41) is 5.07. The zero-order chi connectivity index (χ0) is 29.1. The van der Waals surface area contributed by atoms with E-state index >= 15 is 0 Å². The Balaban J connectivity index is 3.35. The van der Waals surface area contributed by atoms with Crippen molar-refractivity contribution in [1.82, 2.24) is 10.6 Å². The number of nitrogens with one attached hydrogen (secondary N) is 2. The van der Waals surface area contributed by atoms with E-state index in [1.54, 1.807) is 52.8 Å². The average Bonchev–Trinajstić information content (AvgIpc) is 2.79. The molecule has 0 saturated heterocycles. The summed E-state index contributed by atoms with van der Waals surface area (Å²) < 4.78 is 28.4. The summed E-state index contributed by atoms with van der Waals surface area (Å²) >= 11 is 0. The first-order chi connectivity index (χ1) is 17.6. The Hall–Kier alpha value is -3.21. The highest BCUT2D eigenvalue weighted by atomic mass is 32.2. The van der Waals surface area contributed by atoms with Gasteiger partial charge in [-0.3, -0.25) is 9.59 Å². The molecule has 0 fully saturated rings. The van der Waals surface area contributed by atoms with Crippen LogP contribution >= 0.6 is 0 Å². The highest BCUT2D eigenvalue weighted by molar-refractivity contribution is 7.94. The highest BCUT2D eigenvalue weighted by Crippen LogP contribution is 2.17. The van der Waals surface area contributed by atoms with Gasteiger partial charge in [0.1, 0.15) is 30.0 Å². The van der Waals surface area contributed by atoms with Gasteiger partial charge in [0.15, 0.2) is 0 Å². The van der Waals surface area contributed by atoms with Crippen LogP contribution in [0.4, 0.5) is 4.79 Å². The van der Waals surface area contributed by atoms with Gasteiger partial charge in [-0.25, -0.2) is 13.8 Å². The Kier molecular flexibility index (Phi) is 12.7. The van der Waals surface area contributed by atoms with Crippen molar-refractivity contribution < 1.29 is 32.9 Å². The van der Waals surface area contributed by atoms with Crippen LogP contribution in [0, 0.1) is 11.8 Å². The second kappa shape index (κ2) is 14.7. The van der Waals surface area contributed by atoms with Crippen LogP contribution in [-0.2, 0) is 33.6 Å². The number of nitrogens with zero attached hydrogens (tertiary/aromatic N) is 1. The van der Waals surface area contributed by atoms with Crippen LogP contribution in [0.25, 0.3) is 0 Å². The summed E-state index contributed by atoms with van der Waals surface area (Å²) in [5.41, 5.74) is -0.790. The number of carbonyl (C=O) groups excluding carboxylic acids is 4. The standard InChI is InChI=1S/C27H41N3O7S/c1-9-15-36-25(33)23(19(4)5)29-22(31)17-38(35,20-13-11-10-12-14-20)30-24(32)21(16-18(2)3)28-26(34)37-27(6,7)8/h9-14,18-19,21,23H,1,15-17H2,2-8H3,(H,28,34)(H,29,31)/t21-,23-,38?/m0/s1. The number of amides is 3. The maximum absolute atomic E-state index is 14.1. The third-order valence-corrected chi connectivity index (χ3v) is 7.09. The third-order valence-electron chi connectivity index (χ3n) is 4.95. The second-order valence-electron chi connectivity index (χ2n) is 10.6. The Morgan fingerprint density at radius 2 is 1.66 bits per heavy atom. The van der Waals surface area contributed by atoms with Gasteiger partial charge in [-0.2, -0.15) is 4.36 Å². The first kappa shape index (κ1) is 32.8. The Labute approximate surface area is 226 Å². The van der Waals surface area contributed by atoms with Crippen LogP contribution in [0.2, 0.25) is 0 Å². The van der Waals surface area contributed by atoms with Crippen LogP contribution < -0.4 is 10.6 Å². The van der Waals surface area contributed by atoms with Gasteiger partial charge in [0.05, 0.1) is 9.73 Å². The van der Waals surface area contributed by atoms with Crippen LogP contribution in [0.1, 0.15) is 54.9 Å². The van der Waals surface area contributed by atoms with E-state index < -0.39 is 57.0 Å².